The number of dihydropyridines is 1. The molecule has 2 aliphatic rings. The Morgan fingerprint density at radius 2 is 1.95 bits per heavy atom. The molecular weight excluding hydrogens is 482 g/mol. The maximum absolute atomic E-state index is 13.1. The van der Waals surface area contributed by atoms with Gasteiger partial charge in [-0.05, 0) is 53.3 Å². The van der Waals surface area contributed by atoms with Gasteiger partial charge in [0.2, 0.25) is 0 Å². The smallest absolute Gasteiger partial charge is 0.254 e. The zero-order valence-electron chi connectivity index (χ0n) is 22.9. The standard InChI is InChI=1S/C29H43N5O4/c1-29(2,3)27(33-37)28(36)32-34(18-21-5-9-22(10-6-21)23-13-15-31-16-14-23)19-26(35)25(30)17-20-7-11-24(38-4)12-8-20/h5-7,9-11,13-15,25-27,31,33,35,37H,8,12,16-19,30H2,1-4H3,(H,32,36). The number of hydrazine groups is 1. The molecule has 0 bridgehead atoms. The van der Waals surface area contributed by atoms with Crippen LogP contribution in [0.5, 0.6) is 0 Å². The topological polar surface area (TPSA) is 132 Å². The number of hydrogen-bond donors (Lipinski definition) is 6. The third-order valence-corrected chi connectivity index (χ3v) is 6.87. The molecule has 1 heterocycles. The van der Waals surface area contributed by atoms with E-state index in [-0.39, 0.29) is 6.54 Å². The normalized spacial score (nSPS) is 18.1. The molecule has 1 aliphatic heterocycles. The van der Waals surface area contributed by atoms with Crippen molar-refractivity contribution in [3.05, 3.63) is 77.2 Å². The molecule has 9 heteroatoms. The van der Waals surface area contributed by atoms with Gasteiger partial charge < -0.3 is 26.1 Å². The Balaban J connectivity index is 1.71. The first-order chi connectivity index (χ1) is 18.1. The average Bonchev–Trinajstić information content (AvgIpc) is 2.89. The quantitative estimate of drug-likeness (QED) is 0.230. The molecule has 1 aromatic rings. The predicted octanol–water partition coefficient (Wildman–Crippen LogP) is 2.74. The van der Waals surface area contributed by atoms with Crippen LogP contribution >= 0.6 is 0 Å². The maximum atomic E-state index is 13.1. The van der Waals surface area contributed by atoms with Gasteiger partial charge in [0.05, 0.1) is 19.0 Å². The van der Waals surface area contributed by atoms with E-state index in [9.17, 15) is 15.1 Å². The molecule has 1 aromatic carbocycles. The van der Waals surface area contributed by atoms with Crippen LogP contribution in [0.25, 0.3) is 5.57 Å². The molecule has 3 rings (SSSR count). The second-order valence-corrected chi connectivity index (χ2v) is 11.0. The number of benzene rings is 1. The van der Waals surface area contributed by atoms with Gasteiger partial charge in [0.25, 0.3) is 5.91 Å². The van der Waals surface area contributed by atoms with Gasteiger partial charge >= 0.3 is 0 Å². The Morgan fingerprint density at radius 1 is 1.21 bits per heavy atom. The molecule has 0 saturated heterocycles. The largest absolute Gasteiger partial charge is 0.501 e. The summed E-state index contributed by atoms with van der Waals surface area (Å²) in [6.45, 7) is 6.86. The third-order valence-electron chi connectivity index (χ3n) is 6.87. The first-order valence-electron chi connectivity index (χ1n) is 13.1. The van der Waals surface area contributed by atoms with Crippen molar-refractivity contribution < 1.29 is 19.8 Å². The fourth-order valence-corrected chi connectivity index (χ4v) is 4.51. The molecule has 38 heavy (non-hydrogen) atoms. The number of aliphatic hydroxyl groups excluding tert-OH is 1. The number of nitrogens with one attached hydrogen (secondary N) is 3. The van der Waals surface area contributed by atoms with Crippen molar-refractivity contribution in [2.24, 2.45) is 11.1 Å². The maximum Gasteiger partial charge on any atom is 0.254 e. The molecule has 0 spiro atoms. The van der Waals surface area contributed by atoms with E-state index < -0.39 is 29.5 Å². The van der Waals surface area contributed by atoms with Crippen LogP contribution in [0.4, 0.5) is 0 Å². The third kappa shape index (κ3) is 8.54. The van der Waals surface area contributed by atoms with Crippen LogP contribution in [0.3, 0.4) is 0 Å². The zero-order valence-corrected chi connectivity index (χ0v) is 22.9. The number of rotatable bonds is 12. The second-order valence-electron chi connectivity index (χ2n) is 11.0. The van der Waals surface area contributed by atoms with Crippen molar-refractivity contribution in [1.29, 1.82) is 0 Å². The molecule has 1 amide bonds. The summed E-state index contributed by atoms with van der Waals surface area (Å²) in [7, 11) is 1.66. The van der Waals surface area contributed by atoms with Crippen LogP contribution in [0.1, 0.15) is 51.2 Å². The van der Waals surface area contributed by atoms with E-state index in [1.54, 1.807) is 12.1 Å². The molecule has 208 valence electrons. The highest BCUT2D eigenvalue weighted by atomic mass is 16.5. The SMILES string of the molecule is COC1=CC=C(CC(N)C(O)CN(Cc2ccc(C3=CCNC=C3)cc2)NC(=O)C(NO)C(C)(C)C)CC1. The lowest BCUT2D eigenvalue weighted by Gasteiger charge is -2.33. The molecular formula is C29H43N5O4. The first-order valence-corrected chi connectivity index (χ1v) is 13.1. The van der Waals surface area contributed by atoms with Gasteiger partial charge in [-0.3, -0.25) is 10.2 Å². The molecule has 3 unspecified atom stereocenters. The highest BCUT2D eigenvalue weighted by Crippen LogP contribution is 2.23. The van der Waals surface area contributed by atoms with Gasteiger partial charge in [0, 0.05) is 32.1 Å². The van der Waals surface area contributed by atoms with Crippen molar-refractivity contribution in [2.45, 2.75) is 64.8 Å². The Labute approximate surface area is 226 Å². The number of carbonyl (C=O) groups excluding carboxylic acids is 1. The van der Waals surface area contributed by atoms with E-state index in [0.717, 1.165) is 47.4 Å². The van der Waals surface area contributed by atoms with Gasteiger partial charge in [0.1, 0.15) is 6.04 Å². The number of ether oxygens (including phenoxy) is 1. The first kappa shape index (κ1) is 29.6. The van der Waals surface area contributed by atoms with Gasteiger partial charge in [-0.15, -0.1) is 0 Å². The van der Waals surface area contributed by atoms with Crippen molar-refractivity contribution in [1.82, 2.24) is 21.2 Å². The number of hydroxylamine groups is 1. The molecule has 0 saturated carbocycles. The number of nitrogens with zero attached hydrogens (tertiary/aromatic N) is 1. The summed E-state index contributed by atoms with van der Waals surface area (Å²) in [5.41, 5.74) is 15.2. The average molecular weight is 526 g/mol. The highest BCUT2D eigenvalue weighted by Gasteiger charge is 2.32. The summed E-state index contributed by atoms with van der Waals surface area (Å²) < 4.78 is 5.29. The number of aliphatic hydroxyl groups is 1. The van der Waals surface area contributed by atoms with Crippen LogP contribution in [0, 0.1) is 5.41 Å². The molecule has 3 atom stereocenters. The molecule has 0 radical (unpaired) electrons. The number of methoxy groups -OCH3 is 1. The minimum Gasteiger partial charge on any atom is -0.501 e. The number of hydrogen-bond acceptors (Lipinski definition) is 8. The van der Waals surface area contributed by atoms with E-state index in [0.29, 0.717) is 13.0 Å². The lowest BCUT2D eigenvalue weighted by atomic mass is 9.87. The zero-order chi connectivity index (χ0) is 27.7. The summed E-state index contributed by atoms with van der Waals surface area (Å²) in [5.74, 6) is 0.538. The fraction of sp³-hybridized carbons (Fsp3) is 0.483. The van der Waals surface area contributed by atoms with Crippen molar-refractivity contribution in [2.75, 3.05) is 20.2 Å². The monoisotopic (exact) mass is 525 g/mol. The van der Waals surface area contributed by atoms with Gasteiger partial charge in [-0.2, -0.15) is 5.48 Å². The van der Waals surface area contributed by atoms with Crippen molar-refractivity contribution in [3.63, 3.8) is 0 Å². The summed E-state index contributed by atoms with van der Waals surface area (Å²) in [6.07, 6.45) is 11.4. The van der Waals surface area contributed by atoms with E-state index in [1.165, 1.54) is 0 Å². The lowest BCUT2D eigenvalue weighted by Crippen LogP contribution is -2.57. The number of amides is 1. The molecule has 7 N–H and O–H groups in total. The van der Waals surface area contributed by atoms with Gasteiger partial charge in [0.15, 0.2) is 0 Å². The van der Waals surface area contributed by atoms with Crippen LogP contribution in [-0.2, 0) is 16.1 Å². The molecule has 0 aromatic heterocycles. The summed E-state index contributed by atoms with van der Waals surface area (Å²) in [4.78, 5) is 13.1. The molecule has 0 fully saturated rings. The van der Waals surface area contributed by atoms with Crippen LogP contribution < -0.4 is 22.0 Å². The predicted molar refractivity (Wildman–Crippen MR) is 149 cm³/mol. The van der Waals surface area contributed by atoms with Crippen molar-refractivity contribution >= 4 is 11.5 Å². The van der Waals surface area contributed by atoms with Crippen LogP contribution in [0.15, 0.2) is 66.1 Å². The Hall–Kier alpha value is -2.95. The van der Waals surface area contributed by atoms with Crippen LogP contribution in [-0.4, -0.2) is 59.6 Å². The minimum atomic E-state index is -0.886. The Kier molecular flexibility index (Phi) is 10.7. The number of nitrogens with two attached hydrogens (primary N) is 1. The van der Waals surface area contributed by atoms with Crippen LogP contribution in [0.2, 0.25) is 0 Å². The summed E-state index contributed by atoms with van der Waals surface area (Å²) in [5, 5.41) is 25.5. The Bertz CT molecular complexity index is 1060. The van der Waals surface area contributed by atoms with Gasteiger partial charge in [-0.1, -0.05) is 62.8 Å². The summed E-state index contributed by atoms with van der Waals surface area (Å²) in [6, 6.07) is 6.76. The lowest BCUT2D eigenvalue weighted by molar-refractivity contribution is -0.135. The molecule has 1 aliphatic carbocycles. The minimum absolute atomic E-state index is 0.128. The fourth-order valence-electron chi connectivity index (χ4n) is 4.51. The second kappa shape index (κ2) is 13.7. The number of allylic oxidation sites excluding steroid dienone is 5. The highest BCUT2D eigenvalue weighted by molar-refractivity contribution is 5.82. The molecule has 9 nitrogen and oxygen atoms in total. The van der Waals surface area contributed by atoms with Crippen molar-refractivity contribution in [3.8, 4) is 0 Å². The Morgan fingerprint density at radius 3 is 2.50 bits per heavy atom. The van der Waals surface area contributed by atoms with E-state index >= 15 is 0 Å². The summed E-state index contributed by atoms with van der Waals surface area (Å²) >= 11 is 0. The van der Waals surface area contributed by atoms with E-state index in [1.807, 2.05) is 69.5 Å². The van der Waals surface area contributed by atoms with Gasteiger partial charge in [-0.25, -0.2) is 5.01 Å². The van der Waals surface area contributed by atoms with E-state index in [4.69, 9.17) is 10.5 Å². The number of carbonyl (C=O) groups is 1. The van der Waals surface area contributed by atoms with E-state index in [2.05, 4.69) is 22.3 Å².